The lowest BCUT2D eigenvalue weighted by Crippen LogP contribution is -2.00. The molecule has 17 heavy (non-hydrogen) atoms. The maximum absolute atomic E-state index is 10.2. The van der Waals surface area contributed by atoms with Gasteiger partial charge in [-0.2, -0.15) is 0 Å². The predicted octanol–water partition coefficient (Wildman–Crippen LogP) is 4.38. The monoisotopic (exact) mass is 266 g/mol. The summed E-state index contributed by atoms with van der Waals surface area (Å²) < 4.78 is 0. The van der Waals surface area contributed by atoms with Gasteiger partial charge in [0.1, 0.15) is 6.10 Å². The Morgan fingerprint density at radius 3 is 2.29 bits per heavy atom. The van der Waals surface area contributed by atoms with Crippen molar-refractivity contribution in [1.82, 2.24) is 0 Å². The van der Waals surface area contributed by atoms with E-state index in [0.717, 1.165) is 11.1 Å². The summed E-state index contributed by atoms with van der Waals surface area (Å²) in [6, 6.07) is 12.8. The fourth-order valence-corrected chi connectivity index (χ4v) is 2.05. The molecule has 0 saturated heterocycles. The summed E-state index contributed by atoms with van der Waals surface area (Å²) in [4.78, 5) is 0. The number of rotatable bonds is 2. The van der Waals surface area contributed by atoms with E-state index in [-0.39, 0.29) is 0 Å². The Morgan fingerprint density at radius 2 is 1.65 bits per heavy atom. The summed E-state index contributed by atoms with van der Waals surface area (Å²) in [6.07, 6.45) is -0.748. The van der Waals surface area contributed by atoms with Crippen LogP contribution in [0.3, 0.4) is 0 Å². The molecule has 88 valence electrons. The Balaban J connectivity index is 2.39. The van der Waals surface area contributed by atoms with Crippen LogP contribution in [0.2, 0.25) is 10.0 Å². The van der Waals surface area contributed by atoms with Gasteiger partial charge in [-0.15, -0.1) is 0 Å². The lowest BCUT2D eigenvalue weighted by atomic mass is 10.0. The van der Waals surface area contributed by atoms with Crippen LogP contribution in [0.4, 0.5) is 0 Å². The molecule has 0 aliphatic heterocycles. The molecule has 0 aliphatic carbocycles. The largest absolute Gasteiger partial charge is 0.384 e. The molecule has 1 nitrogen and oxygen atoms in total. The molecule has 2 aromatic carbocycles. The van der Waals surface area contributed by atoms with E-state index < -0.39 is 6.10 Å². The van der Waals surface area contributed by atoms with Crippen LogP contribution < -0.4 is 0 Å². The summed E-state index contributed by atoms with van der Waals surface area (Å²) in [5, 5.41) is 11.3. The van der Waals surface area contributed by atoms with E-state index in [1.807, 2.05) is 31.2 Å². The number of aliphatic hydroxyl groups excluding tert-OH is 1. The van der Waals surface area contributed by atoms with Crippen LogP contribution in [0.25, 0.3) is 0 Å². The van der Waals surface area contributed by atoms with E-state index >= 15 is 0 Å². The molecule has 0 fully saturated rings. The first kappa shape index (κ1) is 12.4. The van der Waals surface area contributed by atoms with E-state index in [0.29, 0.717) is 15.6 Å². The molecule has 0 heterocycles. The number of aliphatic hydroxyl groups is 1. The highest BCUT2D eigenvalue weighted by atomic mass is 35.5. The fraction of sp³-hybridized carbons (Fsp3) is 0.143. The van der Waals surface area contributed by atoms with Crippen LogP contribution in [-0.4, -0.2) is 5.11 Å². The van der Waals surface area contributed by atoms with Crippen molar-refractivity contribution in [3.8, 4) is 0 Å². The average Bonchev–Trinajstić information content (AvgIpc) is 2.32. The molecule has 0 aliphatic rings. The third kappa shape index (κ3) is 2.81. The Morgan fingerprint density at radius 1 is 1.00 bits per heavy atom. The van der Waals surface area contributed by atoms with Crippen LogP contribution in [0.5, 0.6) is 0 Å². The summed E-state index contributed by atoms with van der Waals surface area (Å²) in [7, 11) is 0. The maximum atomic E-state index is 10.2. The first-order chi connectivity index (χ1) is 8.08. The third-order valence-corrected chi connectivity index (χ3v) is 3.23. The van der Waals surface area contributed by atoms with Crippen LogP contribution in [-0.2, 0) is 0 Å². The number of hydrogen-bond donors (Lipinski definition) is 1. The minimum Gasteiger partial charge on any atom is -0.384 e. The smallest absolute Gasteiger partial charge is 0.106 e. The summed E-state index contributed by atoms with van der Waals surface area (Å²) >= 11 is 12.0. The van der Waals surface area contributed by atoms with Gasteiger partial charge in [0.05, 0.1) is 0 Å². The Hall–Kier alpha value is -1.02. The zero-order chi connectivity index (χ0) is 12.4. The molecule has 0 amide bonds. The van der Waals surface area contributed by atoms with Crippen LogP contribution in [0.15, 0.2) is 42.5 Å². The van der Waals surface area contributed by atoms with Crippen molar-refractivity contribution >= 4 is 23.2 Å². The molecule has 0 bridgehead atoms. The summed E-state index contributed by atoms with van der Waals surface area (Å²) in [5.74, 6) is 0. The van der Waals surface area contributed by atoms with Crippen LogP contribution in [0, 0.1) is 6.92 Å². The molecule has 1 atom stereocenters. The van der Waals surface area contributed by atoms with Crippen molar-refractivity contribution in [2.45, 2.75) is 13.0 Å². The molecule has 0 aromatic heterocycles. The Bertz CT molecular complexity index is 520. The molecule has 0 radical (unpaired) electrons. The topological polar surface area (TPSA) is 20.2 Å². The zero-order valence-electron chi connectivity index (χ0n) is 9.32. The molecular formula is C14H12Cl2O. The van der Waals surface area contributed by atoms with Crippen molar-refractivity contribution in [3.05, 3.63) is 69.2 Å². The SMILES string of the molecule is Cc1ccc(C(O)c2cc(Cl)ccc2Cl)cc1. The van der Waals surface area contributed by atoms with Crippen molar-refractivity contribution in [3.63, 3.8) is 0 Å². The second-order valence-electron chi connectivity index (χ2n) is 3.98. The Kier molecular flexibility index (Phi) is 3.72. The van der Waals surface area contributed by atoms with Crippen LogP contribution >= 0.6 is 23.2 Å². The molecule has 3 heteroatoms. The fourth-order valence-electron chi connectivity index (χ4n) is 1.65. The first-order valence-electron chi connectivity index (χ1n) is 5.27. The molecule has 1 unspecified atom stereocenters. The summed E-state index contributed by atoms with van der Waals surface area (Å²) in [6.45, 7) is 2.00. The van der Waals surface area contributed by atoms with Gasteiger partial charge < -0.3 is 5.11 Å². The first-order valence-corrected chi connectivity index (χ1v) is 6.03. The van der Waals surface area contributed by atoms with E-state index in [1.165, 1.54) is 0 Å². The second kappa shape index (κ2) is 5.09. The lowest BCUT2D eigenvalue weighted by Gasteiger charge is -2.13. The number of benzene rings is 2. The molecule has 0 saturated carbocycles. The highest BCUT2D eigenvalue weighted by Gasteiger charge is 2.14. The van der Waals surface area contributed by atoms with Gasteiger partial charge in [0.2, 0.25) is 0 Å². The van der Waals surface area contributed by atoms with Crippen molar-refractivity contribution in [1.29, 1.82) is 0 Å². The molecule has 1 N–H and O–H groups in total. The van der Waals surface area contributed by atoms with Crippen molar-refractivity contribution < 1.29 is 5.11 Å². The van der Waals surface area contributed by atoms with E-state index in [1.54, 1.807) is 18.2 Å². The lowest BCUT2D eigenvalue weighted by molar-refractivity contribution is 0.220. The third-order valence-electron chi connectivity index (χ3n) is 2.65. The molecular weight excluding hydrogens is 255 g/mol. The highest BCUT2D eigenvalue weighted by molar-refractivity contribution is 6.33. The van der Waals surface area contributed by atoms with Gasteiger partial charge in [-0.1, -0.05) is 53.0 Å². The quantitative estimate of drug-likeness (QED) is 0.855. The minimum atomic E-state index is -0.748. The number of hydrogen-bond acceptors (Lipinski definition) is 1. The van der Waals surface area contributed by atoms with Gasteiger partial charge in [0.25, 0.3) is 0 Å². The number of halogens is 2. The normalized spacial score (nSPS) is 12.5. The summed E-state index contributed by atoms with van der Waals surface area (Å²) in [5.41, 5.74) is 2.58. The Labute approximate surface area is 111 Å². The van der Waals surface area contributed by atoms with Gasteiger partial charge in [-0.25, -0.2) is 0 Å². The van der Waals surface area contributed by atoms with Gasteiger partial charge in [-0.05, 0) is 30.7 Å². The second-order valence-corrected chi connectivity index (χ2v) is 4.82. The predicted molar refractivity (Wildman–Crippen MR) is 71.7 cm³/mol. The zero-order valence-corrected chi connectivity index (χ0v) is 10.8. The van der Waals surface area contributed by atoms with E-state index in [9.17, 15) is 5.11 Å². The van der Waals surface area contributed by atoms with Crippen LogP contribution in [0.1, 0.15) is 22.8 Å². The van der Waals surface area contributed by atoms with Crippen molar-refractivity contribution in [2.24, 2.45) is 0 Å². The van der Waals surface area contributed by atoms with E-state index in [4.69, 9.17) is 23.2 Å². The molecule has 0 spiro atoms. The van der Waals surface area contributed by atoms with Gasteiger partial charge >= 0.3 is 0 Å². The standard InChI is InChI=1S/C14H12Cl2O/c1-9-2-4-10(5-3-9)14(17)12-8-11(15)6-7-13(12)16/h2-8,14,17H,1H3. The minimum absolute atomic E-state index is 0.516. The van der Waals surface area contributed by atoms with Crippen molar-refractivity contribution in [2.75, 3.05) is 0 Å². The highest BCUT2D eigenvalue weighted by Crippen LogP contribution is 2.30. The maximum Gasteiger partial charge on any atom is 0.106 e. The van der Waals surface area contributed by atoms with E-state index in [2.05, 4.69) is 0 Å². The number of aryl methyl sites for hydroxylation is 1. The van der Waals surface area contributed by atoms with Gasteiger partial charge in [-0.3, -0.25) is 0 Å². The molecule has 2 aromatic rings. The average molecular weight is 267 g/mol. The molecule has 2 rings (SSSR count). The van der Waals surface area contributed by atoms with Gasteiger partial charge in [0.15, 0.2) is 0 Å². The van der Waals surface area contributed by atoms with Gasteiger partial charge in [0, 0.05) is 15.6 Å².